The average molecular weight is 500 g/mol. The molecule has 0 spiro atoms. The van der Waals surface area contributed by atoms with Gasteiger partial charge in [0, 0.05) is 36.7 Å². The van der Waals surface area contributed by atoms with Crippen LogP contribution in [0.25, 0.3) is 10.9 Å². The molecule has 0 aliphatic carbocycles. The van der Waals surface area contributed by atoms with E-state index in [9.17, 15) is 9.59 Å². The zero-order valence-electron chi connectivity index (χ0n) is 20.7. The molecule has 0 aliphatic heterocycles. The Kier molecular flexibility index (Phi) is 9.85. The summed E-state index contributed by atoms with van der Waals surface area (Å²) >= 11 is 5.82. The first-order valence-corrected chi connectivity index (χ1v) is 12.4. The molecule has 0 unspecified atom stereocenters. The molecule has 0 saturated heterocycles. The number of benzene rings is 2. The molecule has 0 aliphatic rings. The van der Waals surface area contributed by atoms with Crippen molar-refractivity contribution in [2.45, 2.75) is 32.7 Å². The van der Waals surface area contributed by atoms with Crippen LogP contribution in [0.3, 0.4) is 0 Å². The van der Waals surface area contributed by atoms with Crippen LogP contribution in [0.4, 0.5) is 0 Å². The Morgan fingerprint density at radius 2 is 1.74 bits per heavy atom. The molecule has 0 fully saturated rings. The number of aromatic nitrogens is 1. The summed E-state index contributed by atoms with van der Waals surface area (Å²) in [5.41, 5.74) is 3.13. The van der Waals surface area contributed by atoms with Crippen molar-refractivity contribution in [1.82, 2.24) is 14.8 Å². The molecule has 2 amide bonds. The Balaban J connectivity index is 1.82. The number of nitrogens with one attached hydrogen (secondary N) is 1. The van der Waals surface area contributed by atoms with Crippen molar-refractivity contribution in [3.8, 4) is 11.5 Å². The summed E-state index contributed by atoms with van der Waals surface area (Å²) in [5, 5.41) is 1.15. The van der Waals surface area contributed by atoms with Crippen LogP contribution in [-0.2, 0) is 22.6 Å². The minimum Gasteiger partial charge on any atom is -0.493 e. The zero-order valence-corrected chi connectivity index (χ0v) is 21.4. The third-order valence-corrected chi connectivity index (χ3v) is 6.30. The largest absolute Gasteiger partial charge is 0.493 e. The number of carbonyl (C=O) groups is 2. The standard InChI is InChI=1S/C27H34ClN3O4/c1-4-5-13-30(26(32)16-28)19-27(33)31(18-20-10-11-24(34-2)25(15-20)35-3)14-12-21-17-29-23-9-7-6-8-22(21)23/h6-11,15,17,29H,4-5,12-14,16,18-19H2,1-3H3. The van der Waals surface area contributed by atoms with E-state index >= 15 is 0 Å². The van der Waals surface area contributed by atoms with Gasteiger partial charge in [0.2, 0.25) is 11.8 Å². The normalized spacial score (nSPS) is 10.9. The van der Waals surface area contributed by atoms with E-state index in [0.29, 0.717) is 37.6 Å². The third-order valence-electron chi connectivity index (χ3n) is 6.07. The highest BCUT2D eigenvalue weighted by atomic mass is 35.5. The second kappa shape index (κ2) is 13.0. The van der Waals surface area contributed by atoms with Gasteiger partial charge in [-0.25, -0.2) is 0 Å². The number of aromatic amines is 1. The van der Waals surface area contributed by atoms with Crippen molar-refractivity contribution >= 4 is 34.3 Å². The maximum absolute atomic E-state index is 13.5. The Morgan fingerprint density at radius 1 is 0.971 bits per heavy atom. The van der Waals surface area contributed by atoms with Crippen LogP contribution < -0.4 is 9.47 Å². The fourth-order valence-electron chi connectivity index (χ4n) is 4.07. The van der Waals surface area contributed by atoms with Gasteiger partial charge in [-0.2, -0.15) is 0 Å². The number of rotatable bonds is 13. The quantitative estimate of drug-likeness (QED) is 0.348. The molecule has 8 heteroatoms. The molecule has 1 heterocycles. The summed E-state index contributed by atoms with van der Waals surface area (Å²) in [5.74, 6) is 0.759. The van der Waals surface area contributed by atoms with Crippen LogP contribution in [0.15, 0.2) is 48.7 Å². The van der Waals surface area contributed by atoms with Gasteiger partial charge in [0.05, 0.1) is 20.8 Å². The molecule has 0 atom stereocenters. The van der Waals surface area contributed by atoms with Crippen LogP contribution in [0, 0.1) is 0 Å². The first-order chi connectivity index (χ1) is 17.0. The first-order valence-electron chi connectivity index (χ1n) is 11.9. The van der Waals surface area contributed by atoms with E-state index in [4.69, 9.17) is 21.1 Å². The molecule has 1 aromatic heterocycles. The number of fused-ring (bicyclic) bond motifs is 1. The number of nitrogens with zero attached hydrogens (tertiary/aromatic N) is 2. The lowest BCUT2D eigenvalue weighted by Gasteiger charge is -2.28. The number of alkyl halides is 1. The van der Waals surface area contributed by atoms with Gasteiger partial charge in [0.1, 0.15) is 5.88 Å². The first kappa shape index (κ1) is 26.4. The predicted octanol–water partition coefficient (Wildman–Crippen LogP) is 4.62. The monoisotopic (exact) mass is 499 g/mol. The summed E-state index contributed by atoms with van der Waals surface area (Å²) in [6.45, 7) is 3.47. The van der Waals surface area contributed by atoms with Crippen LogP contribution in [0.2, 0.25) is 0 Å². The summed E-state index contributed by atoms with van der Waals surface area (Å²) in [4.78, 5) is 32.5. The highest BCUT2D eigenvalue weighted by molar-refractivity contribution is 6.27. The minimum absolute atomic E-state index is 0.00667. The lowest BCUT2D eigenvalue weighted by molar-refractivity contribution is -0.139. The van der Waals surface area contributed by atoms with Crippen LogP contribution >= 0.6 is 11.6 Å². The molecule has 7 nitrogen and oxygen atoms in total. The summed E-state index contributed by atoms with van der Waals surface area (Å²) in [6, 6.07) is 13.8. The van der Waals surface area contributed by atoms with E-state index in [1.54, 1.807) is 24.0 Å². The molecule has 0 saturated carbocycles. The van der Waals surface area contributed by atoms with Gasteiger partial charge in [-0.15, -0.1) is 11.6 Å². The Hall–Kier alpha value is -3.19. The van der Waals surface area contributed by atoms with Crippen molar-refractivity contribution in [2.75, 3.05) is 39.7 Å². The van der Waals surface area contributed by atoms with E-state index in [1.165, 1.54) is 0 Å². The van der Waals surface area contributed by atoms with Crippen molar-refractivity contribution in [3.63, 3.8) is 0 Å². The number of H-pyrrole nitrogens is 1. The summed E-state index contributed by atoms with van der Waals surface area (Å²) in [7, 11) is 3.18. The molecule has 2 aromatic carbocycles. The molecule has 0 bridgehead atoms. The molecule has 3 rings (SSSR count). The van der Waals surface area contributed by atoms with Crippen molar-refractivity contribution < 1.29 is 19.1 Å². The molecular formula is C27H34ClN3O4. The third kappa shape index (κ3) is 6.92. The molecule has 0 radical (unpaired) electrons. The lowest BCUT2D eigenvalue weighted by Crippen LogP contribution is -2.44. The highest BCUT2D eigenvalue weighted by Crippen LogP contribution is 2.28. The number of ether oxygens (including phenoxy) is 2. The predicted molar refractivity (Wildman–Crippen MR) is 139 cm³/mol. The van der Waals surface area contributed by atoms with Crippen molar-refractivity contribution in [3.05, 3.63) is 59.8 Å². The van der Waals surface area contributed by atoms with Gasteiger partial charge in [-0.05, 0) is 42.2 Å². The molecular weight excluding hydrogens is 466 g/mol. The topological polar surface area (TPSA) is 74.9 Å². The Labute approximate surface area is 211 Å². The van der Waals surface area contributed by atoms with E-state index < -0.39 is 0 Å². The highest BCUT2D eigenvalue weighted by Gasteiger charge is 2.22. The lowest BCUT2D eigenvalue weighted by atomic mass is 10.1. The Morgan fingerprint density at radius 3 is 2.46 bits per heavy atom. The second-order valence-electron chi connectivity index (χ2n) is 8.42. The summed E-state index contributed by atoms with van der Waals surface area (Å²) in [6.07, 6.45) is 4.42. The number of carbonyl (C=O) groups excluding carboxylic acids is 2. The molecule has 188 valence electrons. The van der Waals surface area contributed by atoms with Crippen molar-refractivity contribution in [1.29, 1.82) is 0 Å². The van der Waals surface area contributed by atoms with Gasteiger partial charge >= 0.3 is 0 Å². The van der Waals surface area contributed by atoms with E-state index in [1.807, 2.05) is 42.6 Å². The number of hydrogen-bond donors (Lipinski definition) is 1. The fourth-order valence-corrected chi connectivity index (χ4v) is 4.24. The molecule has 3 aromatic rings. The second-order valence-corrected chi connectivity index (χ2v) is 8.68. The number of unbranched alkanes of at least 4 members (excludes halogenated alkanes) is 1. The Bertz CT molecular complexity index is 1130. The number of methoxy groups -OCH3 is 2. The van der Waals surface area contributed by atoms with Crippen LogP contribution in [0.5, 0.6) is 11.5 Å². The minimum atomic E-state index is -0.226. The average Bonchev–Trinajstić information content (AvgIpc) is 3.31. The van der Waals surface area contributed by atoms with E-state index in [-0.39, 0.29) is 24.2 Å². The smallest absolute Gasteiger partial charge is 0.242 e. The van der Waals surface area contributed by atoms with Gasteiger partial charge in [0.25, 0.3) is 0 Å². The van der Waals surface area contributed by atoms with Gasteiger partial charge in [-0.1, -0.05) is 37.6 Å². The fraction of sp³-hybridized carbons (Fsp3) is 0.407. The van der Waals surface area contributed by atoms with Gasteiger partial charge in [0.15, 0.2) is 11.5 Å². The molecule has 35 heavy (non-hydrogen) atoms. The van der Waals surface area contributed by atoms with E-state index in [2.05, 4.69) is 18.0 Å². The number of para-hydroxylation sites is 1. The van der Waals surface area contributed by atoms with Crippen LogP contribution in [0.1, 0.15) is 30.9 Å². The zero-order chi connectivity index (χ0) is 25.2. The van der Waals surface area contributed by atoms with Gasteiger partial charge in [-0.3, -0.25) is 9.59 Å². The maximum atomic E-state index is 13.5. The van der Waals surface area contributed by atoms with E-state index in [0.717, 1.165) is 34.9 Å². The molecule has 1 N–H and O–H groups in total. The number of amides is 2. The van der Waals surface area contributed by atoms with Crippen LogP contribution in [-0.4, -0.2) is 66.3 Å². The maximum Gasteiger partial charge on any atom is 0.242 e. The number of hydrogen-bond acceptors (Lipinski definition) is 4. The van der Waals surface area contributed by atoms with Gasteiger partial charge < -0.3 is 24.3 Å². The SMILES string of the molecule is CCCCN(CC(=O)N(CCc1c[nH]c2ccccc12)Cc1ccc(OC)c(OC)c1)C(=O)CCl. The van der Waals surface area contributed by atoms with Crippen molar-refractivity contribution in [2.24, 2.45) is 0 Å². The number of halogens is 1. The summed E-state index contributed by atoms with van der Waals surface area (Å²) < 4.78 is 10.8.